The molecule has 8 nitrogen and oxygen atoms in total. The molecule has 0 unspecified atom stereocenters. The number of carbonyl (C=O) groups excluding carboxylic acids is 1. The summed E-state index contributed by atoms with van der Waals surface area (Å²) >= 11 is 0. The zero-order valence-corrected chi connectivity index (χ0v) is 21.7. The van der Waals surface area contributed by atoms with Gasteiger partial charge in [-0.1, -0.05) is 60.7 Å². The molecule has 0 aliphatic carbocycles. The highest BCUT2D eigenvalue weighted by molar-refractivity contribution is 7.89. The highest BCUT2D eigenvalue weighted by Crippen LogP contribution is 2.28. The number of piperazine rings is 1. The van der Waals surface area contributed by atoms with Crippen molar-refractivity contribution in [3.8, 4) is 0 Å². The SMILES string of the molecule is O=C(CC(c1ccccc1)c1ccccc1)Nc1ccc(S(=O)(=O)N2CCN(c3cnccn3)CC2)cc1. The number of carbonyl (C=O) groups is 1. The minimum atomic E-state index is -3.65. The molecule has 1 saturated heterocycles. The average Bonchev–Trinajstić information content (AvgIpc) is 2.98. The number of rotatable bonds is 8. The molecule has 1 N–H and O–H groups in total. The van der Waals surface area contributed by atoms with Gasteiger partial charge in [0.05, 0.1) is 11.1 Å². The van der Waals surface area contributed by atoms with Gasteiger partial charge in [0, 0.05) is 56.6 Å². The van der Waals surface area contributed by atoms with E-state index in [1.807, 2.05) is 65.6 Å². The van der Waals surface area contributed by atoms with Crippen LogP contribution in [0.4, 0.5) is 11.5 Å². The van der Waals surface area contributed by atoms with E-state index in [1.54, 1.807) is 42.9 Å². The number of benzene rings is 3. The van der Waals surface area contributed by atoms with Gasteiger partial charge in [-0.05, 0) is 35.4 Å². The first-order valence-corrected chi connectivity index (χ1v) is 14.0. The van der Waals surface area contributed by atoms with Crippen molar-refractivity contribution in [1.82, 2.24) is 14.3 Å². The van der Waals surface area contributed by atoms with Crippen LogP contribution in [-0.4, -0.2) is 54.8 Å². The maximum atomic E-state index is 13.2. The monoisotopic (exact) mass is 527 g/mol. The van der Waals surface area contributed by atoms with Crippen LogP contribution in [0, 0.1) is 0 Å². The van der Waals surface area contributed by atoms with Crippen LogP contribution in [0.15, 0.2) is 108 Å². The van der Waals surface area contributed by atoms with Crippen LogP contribution in [0.5, 0.6) is 0 Å². The van der Waals surface area contributed by atoms with E-state index < -0.39 is 10.0 Å². The number of hydrogen-bond acceptors (Lipinski definition) is 6. The molecule has 194 valence electrons. The maximum absolute atomic E-state index is 13.2. The Balaban J connectivity index is 1.22. The molecule has 0 bridgehead atoms. The quantitative estimate of drug-likeness (QED) is 0.370. The van der Waals surface area contributed by atoms with Crippen molar-refractivity contribution in [3.05, 3.63) is 115 Å². The van der Waals surface area contributed by atoms with Crippen molar-refractivity contribution < 1.29 is 13.2 Å². The van der Waals surface area contributed by atoms with E-state index >= 15 is 0 Å². The van der Waals surface area contributed by atoms with Gasteiger partial charge in [0.1, 0.15) is 5.82 Å². The number of hydrogen-bond donors (Lipinski definition) is 1. The lowest BCUT2D eigenvalue weighted by Crippen LogP contribution is -2.48. The lowest BCUT2D eigenvalue weighted by molar-refractivity contribution is -0.116. The number of anilines is 2. The number of sulfonamides is 1. The fourth-order valence-electron chi connectivity index (χ4n) is 4.67. The van der Waals surface area contributed by atoms with E-state index in [2.05, 4.69) is 15.3 Å². The molecule has 4 aromatic rings. The minimum absolute atomic E-state index is 0.0856. The standard InChI is InChI=1S/C29H29N5O3S/c35-29(21-27(23-7-3-1-4-8-23)24-9-5-2-6-10-24)32-25-11-13-26(14-12-25)38(36,37)34-19-17-33(18-20-34)28-22-30-15-16-31-28/h1-16,22,27H,17-21H2,(H,32,35). The molecule has 0 radical (unpaired) electrons. The molecule has 1 aromatic heterocycles. The van der Waals surface area contributed by atoms with Crippen LogP contribution >= 0.6 is 0 Å². The fourth-order valence-corrected chi connectivity index (χ4v) is 6.09. The molecule has 38 heavy (non-hydrogen) atoms. The van der Waals surface area contributed by atoms with Crippen LogP contribution in [0.3, 0.4) is 0 Å². The molecular formula is C29H29N5O3S. The van der Waals surface area contributed by atoms with Crippen molar-refractivity contribution >= 4 is 27.4 Å². The van der Waals surface area contributed by atoms with Gasteiger partial charge >= 0.3 is 0 Å². The van der Waals surface area contributed by atoms with E-state index in [1.165, 1.54) is 4.31 Å². The third kappa shape index (κ3) is 5.90. The molecule has 1 aliphatic heterocycles. The Morgan fingerprint density at radius 3 is 1.97 bits per heavy atom. The smallest absolute Gasteiger partial charge is 0.243 e. The van der Waals surface area contributed by atoms with Crippen molar-refractivity contribution in [3.63, 3.8) is 0 Å². The molecule has 1 fully saturated rings. The van der Waals surface area contributed by atoms with Crippen molar-refractivity contribution in [1.29, 1.82) is 0 Å². The van der Waals surface area contributed by atoms with E-state index in [-0.39, 0.29) is 23.1 Å². The van der Waals surface area contributed by atoms with Crippen molar-refractivity contribution in [2.75, 3.05) is 36.4 Å². The van der Waals surface area contributed by atoms with E-state index in [4.69, 9.17) is 0 Å². The zero-order chi connectivity index (χ0) is 26.4. The predicted molar refractivity (Wildman–Crippen MR) is 147 cm³/mol. The van der Waals surface area contributed by atoms with Crippen LogP contribution in [-0.2, 0) is 14.8 Å². The summed E-state index contributed by atoms with van der Waals surface area (Å²) in [4.78, 5) is 23.6. The first-order valence-electron chi connectivity index (χ1n) is 12.5. The van der Waals surface area contributed by atoms with Gasteiger partial charge in [-0.15, -0.1) is 0 Å². The predicted octanol–water partition coefficient (Wildman–Crippen LogP) is 4.15. The van der Waals surface area contributed by atoms with Gasteiger partial charge in [-0.25, -0.2) is 13.4 Å². The van der Waals surface area contributed by atoms with Crippen LogP contribution in [0.1, 0.15) is 23.5 Å². The summed E-state index contributed by atoms with van der Waals surface area (Å²) in [5, 5.41) is 2.93. The van der Waals surface area contributed by atoms with E-state index in [0.29, 0.717) is 31.9 Å². The number of nitrogens with zero attached hydrogens (tertiary/aromatic N) is 4. The van der Waals surface area contributed by atoms with Crippen molar-refractivity contribution in [2.45, 2.75) is 17.2 Å². The molecule has 0 saturated carbocycles. The Bertz CT molecular complexity index is 1400. The average molecular weight is 528 g/mol. The number of nitrogens with one attached hydrogen (secondary N) is 1. The van der Waals surface area contributed by atoms with Gasteiger partial charge < -0.3 is 10.2 Å². The third-order valence-electron chi connectivity index (χ3n) is 6.68. The minimum Gasteiger partial charge on any atom is -0.353 e. The van der Waals surface area contributed by atoms with Crippen LogP contribution in [0.2, 0.25) is 0 Å². The molecule has 5 rings (SSSR count). The largest absolute Gasteiger partial charge is 0.353 e. The van der Waals surface area contributed by atoms with Gasteiger partial charge in [-0.3, -0.25) is 9.78 Å². The van der Waals surface area contributed by atoms with Crippen LogP contribution in [0.25, 0.3) is 0 Å². The Labute approximate surface area is 223 Å². The molecule has 1 amide bonds. The zero-order valence-electron chi connectivity index (χ0n) is 20.8. The lowest BCUT2D eigenvalue weighted by Gasteiger charge is -2.34. The summed E-state index contributed by atoms with van der Waals surface area (Å²) < 4.78 is 27.9. The third-order valence-corrected chi connectivity index (χ3v) is 8.59. The Kier molecular flexibility index (Phi) is 7.76. The molecule has 0 atom stereocenters. The summed E-state index contributed by atoms with van der Waals surface area (Å²) in [5.41, 5.74) is 2.69. The molecule has 1 aliphatic rings. The molecule has 9 heteroatoms. The van der Waals surface area contributed by atoms with Gasteiger partial charge in [0.25, 0.3) is 0 Å². The maximum Gasteiger partial charge on any atom is 0.243 e. The topological polar surface area (TPSA) is 95.5 Å². The molecule has 0 spiro atoms. The van der Waals surface area contributed by atoms with Gasteiger partial charge in [0.15, 0.2) is 0 Å². The Morgan fingerprint density at radius 1 is 0.816 bits per heavy atom. The van der Waals surface area contributed by atoms with Gasteiger partial charge in [-0.2, -0.15) is 4.31 Å². The summed E-state index contributed by atoms with van der Waals surface area (Å²) in [5.74, 6) is 0.516. The molecule has 2 heterocycles. The Hall–Kier alpha value is -4.08. The Morgan fingerprint density at radius 2 is 1.42 bits per heavy atom. The second-order valence-corrected chi connectivity index (χ2v) is 11.0. The lowest BCUT2D eigenvalue weighted by atomic mass is 9.88. The number of amides is 1. The molecule has 3 aromatic carbocycles. The molecular weight excluding hydrogens is 498 g/mol. The summed E-state index contributed by atoms with van der Waals surface area (Å²) in [6.07, 6.45) is 5.19. The van der Waals surface area contributed by atoms with Crippen molar-refractivity contribution in [2.24, 2.45) is 0 Å². The number of aromatic nitrogens is 2. The van der Waals surface area contributed by atoms with E-state index in [9.17, 15) is 13.2 Å². The first-order chi connectivity index (χ1) is 18.5. The normalized spacial score (nSPS) is 14.4. The second kappa shape index (κ2) is 11.5. The summed E-state index contributed by atoms with van der Waals surface area (Å²) in [6, 6.07) is 26.3. The van der Waals surface area contributed by atoms with E-state index in [0.717, 1.165) is 16.9 Å². The second-order valence-electron chi connectivity index (χ2n) is 9.11. The van der Waals surface area contributed by atoms with Gasteiger partial charge in [0.2, 0.25) is 15.9 Å². The highest BCUT2D eigenvalue weighted by Gasteiger charge is 2.29. The first kappa shape index (κ1) is 25.6. The van der Waals surface area contributed by atoms with Crippen LogP contribution < -0.4 is 10.2 Å². The summed E-state index contributed by atoms with van der Waals surface area (Å²) in [7, 11) is -3.65. The fraction of sp³-hybridized carbons (Fsp3) is 0.207. The highest BCUT2D eigenvalue weighted by atomic mass is 32.2. The summed E-state index contributed by atoms with van der Waals surface area (Å²) in [6.45, 7) is 1.79.